The molecular formula is C22H23FN6O2. The van der Waals surface area contributed by atoms with Crippen LogP contribution in [-0.2, 0) is 0 Å². The van der Waals surface area contributed by atoms with E-state index < -0.39 is 0 Å². The summed E-state index contributed by atoms with van der Waals surface area (Å²) < 4.78 is 19.2. The number of aromatic nitrogens is 5. The van der Waals surface area contributed by atoms with Gasteiger partial charge in [-0.1, -0.05) is 6.92 Å². The number of hydrogen-bond acceptors (Lipinski definition) is 6. The van der Waals surface area contributed by atoms with E-state index in [1.807, 2.05) is 4.90 Å². The minimum atomic E-state index is -0.311. The maximum atomic E-state index is 13.8. The molecule has 2 aromatic heterocycles. The lowest BCUT2D eigenvalue weighted by Gasteiger charge is -2.57. The number of aryl methyl sites for hydroxylation is 1. The van der Waals surface area contributed by atoms with Crippen LogP contribution in [0.25, 0.3) is 5.82 Å². The van der Waals surface area contributed by atoms with Gasteiger partial charge in [0.25, 0.3) is 5.91 Å². The van der Waals surface area contributed by atoms with E-state index in [-0.39, 0.29) is 35.4 Å². The second kappa shape index (κ2) is 7.72. The van der Waals surface area contributed by atoms with Crippen LogP contribution in [0.1, 0.15) is 35.9 Å². The minimum absolute atomic E-state index is 0.115. The van der Waals surface area contributed by atoms with Crippen LogP contribution in [0.4, 0.5) is 4.39 Å². The second-order valence-corrected chi connectivity index (χ2v) is 8.29. The number of amides is 1. The summed E-state index contributed by atoms with van der Waals surface area (Å²) in [5.41, 5.74) is 0.885. The molecule has 9 heteroatoms. The number of carbonyl (C=O) groups is 1. The van der Waals surface area contributed by atoms with Crippen molar-refractivity contribution < 1.29 is 13.9 Å². The Morgan fingerprint density at radius 2 is 1.90 bits per heavy atom. The van der Waals surface area contributed by atoms with Gasteiger partial charge in [0.15, 0.2) is 5.69 Å². The van der Waals surface area contributed by atoms with Crippen LogP contribution in [0.3, 0.4) is 0 Å². The van der Waals surface area contributed by atoms with Crippen molar-refractivity contribution in [3.05, 3.63) is 60.1 Å². The predicted molar refractivity (Wildman–Crippen MR) is 109 cm³/mol. The summed E-state index contributed by atoms with van der Waals surface area (Å²) in [6.07, 6.45) is 6.63. The van der Waals surface area contributed by atoms with E-state index in [1.165, 1.54) is 29.3 Å². The highest BCUT2D eigenvalue weighted by Gasteiger charge is 2.51. The third-order valence-corrected chi connectivity index (χ3v) is 6.40. The van der Waals surface area contributed by atoms with E-state index in [0.717, 1.165) is 12.8 Å². The number of rotatable bonds is 5. The Hall–Kier alpha value is -3.36. The summed E-state index contributed by atoms with van der Waals surface area (Å²) in [5.74, 6) is 1.25. The molecule has 2 bridgehead atoms. The third-order valence-electron chi connectivity index (χ3n) is 6.40. The van der Waals surface area contributed by atoms with E-state index in [4.69, 9.17) is 4.74 Å². The van der Waals surface area contributed by atoms with Crippen molar-refractivity contribution in [3.8, 4) is 11.6 Å². The van der Waals surface area contributed by atoms with Gasteiger partial charge in [-0.15, -0.1) is 4.80 Å². The van der Waals surface area contributed by atoms with Gasteiger partial charge in [-0.3, -0.25) is 4.79 Å². The van der Waals surface area contributed by atoms with Crippen LogP contribution in [0.5, 0.6) is 5.75 Å². The van der Waals surface area contributed by atoms with Crippen molar-refractivity contribution in [3.63, 3.8) is 0 Å². The quantitative estimate of drug-likeness (QED) is 0.629. The first-order valence-corrected chi connectivity index (χ1v) is 10.4. The third kappa shape index (κ3) is 3.54. The molecule has 3 aliphatic rings. The van der Waals surface area contributed by atoms with Gasteiger partial charge in [-0.05, 0) is 55.9 Å². The van der Waals surface area contributed by atoms with Crippen LogP contribution in [0.2, 0.25) is 0 Å². The van der Waals surface area contributed by atoms with Gasteiger partial charge in [0, 0.05) is 6.04 Å². The number of halogens is 1. The van der Waals surface area contributed by atoms with Gasteiger partial charge in [-0.25, -0.2) is 14.4 Å². The number of piperidine rings is 2. The van der Waals surface area contributed by atoms with Crippen molar-refractivity contribution in [2.75, 3.05) is 6.61 Å². The molecule has 4 heterocycles. The first-order chi connectivity index (χ1) is 15.0. The Morgan fingerprint density at radius 1 is 1.19 bits per heavy atom. The van der Waals surface area contributed by atoms with Crippen molar-refractivity contribution in [2.45, 2.75) is 38.8 Å². The Balaban J connectivity index is 1.45. The van der Waals surface area contributed by atoms with E-state index >= 15 is 0 Å². The summed E-state index contributed by atoms with van der Waals surface area (Å²) in [5, 5.41) is 8.25. The van der Waals surface area contributed by atoms with Gasteiger partial charge in [0.1, 0.15) is 18.2 Å². The first kappa shape index (κ1) is 19.6. The lowest BCUT2D eigenvalue weighted by Crippen LogP contribution is -2.64. The standard InChI is InChI=1S/C22H23FN6O2/c1-13-11-24-21(29-25-7-8-26-29)20(27-13)22(30)28-17-9-15(10-17)14(2)19(28)12-31-18-5-3-16(23)4-6-18/h3-8,11,14-15,17,19H,9-10,12H2,1-2H3/t14-,15?,17?,19?/m1/s1. The van der Waals surface area contributed by atoms with E-state index in [2.05, 4.69) is 27.1 Å². The van der Waals surface area contributed by atoms with Crippen molar-refractivity contribution in [2.24, 2.45) is 11.8 Å². The summed E-state index contributed by atoms with van der Waals surface area (Å²) in [6, 6.07) is 5.97. The van der Waals surface area contributed by atoms with E-state index in [0.29, 0.717) is 29.8 Å². The molecule has 8 nitrogen and oxygen atoms in total. The number of nitrogens with zero attached hydrogens (tertiary/aromatic N) is 6. The number of ether oxygens (including phenoxy) is 1. The zero-order valence-electron chi connectivity index (χ0n) is 17.3. The smallest absolute Gasteiger partial charge is 0.277 e. The van der Waals surface area contributed by atoms with Crippen molar-refractivity contribution in [1.82, 2.24) is 29.9 Å². The largest absolute Gasteiger partial charge is 0.491 e. The second-order valence-electron chi connectivity index (χ2n) is 8.29. The SMILES string of the molecule is Cc1cnc(-n2nccn2)c(C(=O)N2C3CC(C3)[C@@H](C)C2COc2ccc(F)cc2)n1. The molecule has 0 radical (unpaired) electrons. The average molecular weight is 422 g/mol. The summed E-state index contributed by atoms with van der Waals surface area (Å²) in [6.45, 7) is 4.30. The molecule has 3 aromatic rings. The summed E-state index contributed by atoms with van der Waals surface area (Å²) >= 11 is 0. The van der Waals surface area contributed by atoms with Gasteiger partial charge in [-0.2, -0.15) is 10.2 Å². The molecule has 31 heavy (non-hydrogen) atoms. The van der Waals surface area contributed by atoms with Gasteiger partial charge in [0.05, 0.1) is 30.3 Å². The molecule has 6 rings (SSSR count). The Bertz CT molecular complexity index is 1080. The molecule has 1 saturated carbocycles. The van der Waals surface area contributed by atoms with Crippen LogP contribution in [-0.4, -0.2) is 54.5 Å². The van der Waals surface area contributed by atoms with E-state index in [1.54, 1.807) is 25.3 Å². The Labute approximate surface area is 179 Å². The van der Waals surface area contributed by atoms with E-state index in [9.17, 15) is 9.18 Å². The summed E-state index contributed by atoms with van der Waals surface area (Å²) in [4.78, 5) is 25.9. The molecule has 1 amide bonds. The number of fused-ring (bicyclic) bond motifs is 2. The molecule has 1 aromatic carbocycles. The molecule has 1 aliphatic carbocycles. The lowest BCUT2D eigenvalue weighted by molar-refractivity contribution is -0.0673. The lowest BCUT2D eigenvalue weighted by atomic mass is 9.64. The molecule has 2 aliphatic heterocycles. The molecule has 160 valence electrons. The zero-order chi connectivity index (χ0) is 21.5. The van der Waals surface area contributed by atoms with Crippen molar-refractivity contribution in [1.29, 1.82) is 0 Å². The Kier molecular flexibility index (Phi) is 4.88. The number of benzene rings is 1. The van der Waals surface area contributed by atoms with Gasteiger partial charge in [0.2, 0.25) is 5.82 Å². The summed E-state index contributed by atoms with van der Waals surface area (Å²) in [7, 11) is 0. The minimum Gasteiger partial charge on any atom is -0.491 e. The Morgan fingerprint density at radius 3 is 2.61 bits per heavy atom. The highest BCUT2D eigenvalue weighted by atomic mass is 19.1. The van der Waals surface area contributed by atoms with Crippen LogP contribution in [0.15, 0.2) is 42.9 Å². The van der Waals surface area contributed by atoms with Crippen molar-refractivity contribution >= 4 is 5.91 Å². The molecule has 2 atom stereocenters. The maximum Gasteiger partial charge on any atom is 0.277 e. The molecule has 2 saturated heterocycles. The van der Waals surface area contributed by atoms with Crippen LogP contribution >= 0.6 is 0 Å². The molecular weight excluding hydrogens is 399 g/mol. The molecule has 0 N–H and O–H groups in total. The highest BCUT2D eigenvalue weighted by molar-refractivity contribution is 5.95. The zero-order valence-corrected chi connectivity index (χ0v) is 17.3. The predicted octanol–water partition coefficient (Wildman–Crippen LogP) is 2.82. The molecule has 3 fully saturated rings. The number of carbonyl (C=O) groups excluding carboxylic acids is 1. The fourth-order valence-electron chi connectivity index (χ4n) is 4.59. The number of hydrogen-bond donors (Lipinski definition) is 0. The van der Waals surface area contributed by atoms with Gasteiger partial charge < -0.3 is 9.64 Å². The van der Waals surface area contributed by atoms with Crippen LogP contribution in [0, 0.1) is 24.6 Å². The molecule has 1 unspecified atom stereocenters. The fourth-order valence-corrected chi connectivity index (χ4v) is 4.59. The topological polar surface area (TPSA) is 86.0 Å². The van der Waals surface area contributed by atoms with Gasteiger partial charge >= 0.3 is 0 Å². The van der Waals surface area contributed by atoms with Crippen LogP contribution < -0.4 is 4.74 Å². The normalized spacial score (nSPS) is 24.5. The average Bonchev–Trinajstić information content (AvgIpc) is 3.27. The molecule has 0 spiro atoms. The monoisotopic (exact) mass is 422 g/mol. The highest BCUT2D eigenvalue weighted by Crippen LogP contribution is 2.47. The first-order valence-electron chi connectivity index (χ1n) is 10.4. The maximum absolute atomic E-state index is 13.8. The fraction of sp³-hybridized carbons (Fsp3) is 0.409.